The van der Waals surface area contributed by atoms with E-state index in [0.29, 0.717) is 6.42 Å². The van der Waals surface area contributed by atoms with E-state index in [1.165, 1.54) is 12.1 Å². The fourth-order valence-corrected chi connectivity index (χ4v) is 2.95. The van der Waals surface area contributed by atoms with Crippen molar-refractivity contribution in [1.29, 1.82) is 0 Å². The Labute approximate surface area is 160 Å². The molecule has 0 bridgehead atoms. The molecule has 0 aliphatic heterocycles. The van der Waals surface area contributed by atoms with E-state index < -0.39 is 23.2 Å². The molecule has 0 saturated heterocycles. The van der Waals surface area contributed by atoms with Gasteiger partial charge in [0.1, 0.15) is 6.10 Å². The summed E-state index contributed by atoms with van der Waals surface area (Å²) in [7, 11) is 0. The molecule has 0 saturated carbocycles. The van der Waals surface area contributed by atoms with Gasteiger partial charge in [0.2, 0.25) is 0 Å². The monoisotopic (exact) mass is 386 g/mol. The Bertz CT molecular complexity index is 606. The molecule has 1 aromatic carbocycles. The van der Waals surface area contributed by atoms with Crippen LogP contribution in [0, 0.1) is 17.2 Å². The van der Waals surface area contributed by atoms with Crippen LogP contribution < -0.4 is 4.74 Å². The number of rotatable bonds is 9. The third-order valence-electron chi connectivity index (χ3n) is 4.68. The second-order valence-corrected chi connectivity index (χ2v) is 7.11. The summed E-state index contributed by atoms with van der Waals surface area (Å²) in [6.45, 7) is 9.35. The predicted octanol–water partition coefficient (Wildman–Crippen LogP) is 5.56. The molecule has 1 rings (SSSR count). The highest BCUT2D eigenvalue weighted by Crippen LogP contribution is 2.35. The first-order valence-electron chi connectivity index (χ1n) is 9.10. The van der Waals surface area contributed by atoms with Gasteiger partial charge in [0.25, 0.3) is 0 Å². The third kappa shape index (κ3) is 4.97. The van der Waals surface area contributed by atoms with Crippen molar-refractivity contribution in [3.63, 3.8) is 0 Å². The van der Waals surface area contributed by atoms with Crippen LogP contribution in [0.15, 0.2) is 18.2 Å². The van der Waals surface area contributed by atoms with E-state index in [-0.39, 0.29) is 35.6 Å². The molecular formula is C20H28ClFO4. The summed E-state index contributed by atoms with van der Waals surface area (Å²) in [5.41, 5.74) is -1.49. The lowest BCUT2D eigenvalue weighted by molar-refractivity contribution is -0.174. The molecule has 0 N–H and O–H groups in total. The number of benzene rings is 1. The van der Waals surface area contributed by atoms with Crippen LogP contribution in [0.2, 0.25) is 5.02 Å². The van der Waals surface area contributed by atoms with Gasteiger partial charge in [-0.3, -0.25) is 9.59 Å². The summed E-state index contributed by atoms with van der Waals surface area (Å²) in [5.74, 6) is -2.48. The first-order valence-corrected chi connectivity index (χ1v) is 9.48. The van der Waals surface area contributed by atoms with Crippen LogP contribution in [-0.2, 0) is 14.3 Å². The molecule has 0 aliphatic carbocycles. The van der Waals surface area contributed by atoms with Crippen LogP contribution in [0.3, 0.4) is 0 Å². The van der Waals surface area contributed by atoms with Crippen LogP contribution >= 0.6 is 11.6 Å². The number of esters is 2. The van der Waals surface area contributed by atoms with E-state index in [9.17, 15) is 14.0 Å². The number of carbonyl (C=O) groups is 2. The Kier molecular flexibility index (Phi) is 8.54. The molecule has 26 heavy (non-hydrogen) atoms. The van der Waals surface area contributed by atoms with Crippen molar-refractivity contribution in [2.75, 3.05) is 0 Å². The molecule has 0 aromatic heterocycles. The zero-order valence-electron chi connectivity index (χ0n) is 16.1. The Hall–Kier alpha value is -1.62. The average Bonchev–Trinajstić information content (AvgIpc) is 2.59. The van der Waals surface area contributed by atoms with Crippen LogP contribution in [0.4, 0.5) is 4.39 Å². The molecule has 0 amide bonds. The number of halogens is 2. The van der Waals surface area contributed by atoms with E-state index in [2.05, 4.69) is 0 Å². The summed E-state index contributed by atoms with van der Waals surface area (Å²) in [5, 5.41) is -0.0288. The van der Waals surface area contributed by atoms with E-state index in [4.69, 9.17) is 21.1 Å². The smallest absolute Gasteiger partial charge is 0.329 e. The minimum atomic E-state index is -1.49. The Morgan fingerprint density at radius 2 is 1.77 bits per heavy atom. The number of ether oxygens (including phenoxy) is 2. The number of hydrogen-bond donors (Lipinski definition) is 0. The third-order valence-corrected chi connectivity index (χ3v) is 4.98. The van der Waals surface area contributed by atoms with Gasteiger partial charge in [-0.25, -0.2) is 4.39 Å². The van der Waals surface area contributed by atoms with E-state index in [1.807, 2.05) is 20.8 Å². The highest BCUT2D eigenvalue weighted by molar-refractivity contribution is 6.32. The molecular weight excluding hydrogens is 359 g/mol. The standard InChI is InChI=1S/C20H28ClFO4/c1-6-10-16(13(4)5)25-18(23)20(7-2,8-3)19(24)26-17-14(21)11-9-12-15(17)22/h9,11-13,16H,6-8,10H2,1-5H3. The van der Waals surface area contributed by atoms with Crippen molar-refractivity contribution >= 4 is 23.5 Å². The van der Waals surface area contributed by atoms with E-state index in [0.717, 1.165) is 12.5 Å². The number of hydrogen-bond acceptors (Lipinski definition) is 4. The zero-order valence-corrected chi connectivity index (χ0v) is 16.9. The van der Waals surface area contributed by atoms with Crippen LogP contribution in [0.25, 0.3) is 0 Å². The maximum absolute atomic E-state index is 13.9. The largest absolute Gasteiger partial charge is 0.461 e. The SMILES string of the molecule is CCCC(OC(=O)C(CC)(CC)C(=O)Oc1c(F)cccc1Cl)C(C)C. The summed E-state index contributed by atoms with van der Waals surface area (Å²) in [6, 6.07) is 3.97. The fourth-order valence-electron chi connectivity index (χ4n) is 2.74. The van der Waals surface area contributed by atoms with Crippen LogP contribution in [0.5, 0.6) is 5.75 Å². The summed E-state index contributed by atoms with van der Waals surface area (Å²) < 4.78 is 24.8. The number of para-hydroxylation sites is 1. The normalized spacial score (nSPS) is 12.8. The zero-order chi connectivity index (χ0) is 19.9. The molecule has 6 heteroatoms. The highest BCUT2D eigenvalue weighted by Gasteiger charge is 2.47. The van der Waals surface area contributed by atoms with Gasteiger partial charge in [-0.05, 0) is 37.3 Å². The first kappa shape index (κ1) is 22.4. The Morgan fingerprint density at radius 1 is 1.15 bits per heavy atom. The molecule has 4 nitrogen and oxygen atoms in total. The van der Waals surface area contributed by atoms with E-state index >= 15 is 0 Å². The first-order chi connectivity index (χ1) is 12.2. The summed E-state index contributed by atoms with van der Waals surface area (Å²) >= 11 is 5.92. The predicted molar refractivity (Wildman–Crippen MR) is 99.7 cm³/mol. The molecule has 1 atom stereocenters. The maximum Gasteiger partial charge on any atom is 0.329 e. The minimum Gasteiger partial charge on any atom is -0.461 e. The van der Waals surface area contributed by atoms with Gasteiger partial charge in [-0.1, -0.05) is 58.7 Å². The van der Waals surface area contributed by atoms with Crippen LogP contribution in [0.1, 0.15) is 60.3 Å². The van der Waals surface area contributed by atoms with Crippen molar-refractivity contribution in [2.45, 2.75) is 66.4 Å². The van der Waals surface area contributed by atoms with Crippen molar-refractivity contribution in [2.24, 2.45) is 11.3 Å². The van der Waals surface area contributed by atoms with E-state index in [1.54, 1.807) is 13.8 Å². The quantitative estimate of drug-likeness (QED) is 0.317. The molecule has 1 aromatic rings. The lowest BCUT2D eigenvalue weighted by Crippen LogP contribution is -2.44. The molecule has 0 aliphatic rings. The molecule has 0 radical (unpaired) electrons. The molecule has 1 unspecified atom stereocenters. The highest BCUT2D eigenvalue weighted by atomic mass is 35.5. The topological polar surface area (TPSA) is 52.6 Å². The van der Waals surface area contributed by atoms with Gasteiger partial charge in [0.05, 0.1) is 5.02 Å². The molecule has 0 spiro atoms. The molecule has 0 heterocycles. The van der Waals surface area contributed by atoms with Gasteiger partial charge < -0.3 is 9.47 Å². The summed E-state index contributed by atoms with van der Waals surface area (Å²) in [6.07, 6.45) is 1.65. The van der Waals surface area contributed by atoms with Crippen molar-refractivity contribution in [1.82, 2.24) is 0 Å². The van der Waals surface area contributed by atoms with Gasteiger partial charge in [-0.2, -0.15) is 0 Å². The lowest BCUT2D eigenvalue weighted by Gasteiger charge is -2.30. The molecule has 146 valence electrons. The maximum atomic E-state index is 13.9. The van der Waals surface area contributed by atoms with Crippen molar-refractivity contribution < 1.29 is 23.5 Å². The second-order valence-electron chi connectivity index (χ2n) is 6.71. The van der Waals surface area contributed by atoms with Gasteiger partial charge >= 0.3 is 11.9 Å². The Morgan fingerprint density at radius 3 is 2.23 bits per heavy atom. The fraction of sp³-hybridized carbons (Fsp3) is 0.600. The van der Waals surface area contributed by atoms with Gasteiger partial charge in [0, 0.05) is 0 Å². The van der Waals surface area contributed by atoms with Crippen molar-refractivity contribution in [3.05, 3.63) is 29.0 Å². The van der Waals surface area contributed by atoms with Crippen LogP contribution in [-0.4, -0.2) is 18.0 Å². The number of carbonyl (C=O) groups excluding carboxylic acids is 2. The lowest BCUT2D eigenvalue weighted by atomic mass is 9.82. The molecule has 0 fully saturated rings. The summed E-state index contributed by atoms with van der Waals surface area (Å²) in [4.78, 5) is 25.7. The van der Waals surface area contributed by atoms with Gasteiger partial charge in [-0.15, -0.1) is 0 Å². The van der Waals surface area contributed by atoms with Crippen molar-refractivity contribution in [3.8, 4) is 5.75 Å². The minimum absolute atomic E-state index is 0.0288. The average molecular weight is 387 g/mol. The second kappa shape index (κ2) is 9.91. The van der Waals surface area contributed by atoms with Gasteiger partial charge in [0.15, 0.2) is 17.0 Å². The Balaban J connectivity index is 3.10.